The number of aryl methyl sites for hydroxylation is 2. The number of phosphoric acid groups is 2. The zero-order valence-corrected chi connectivity index (χ0v) is 30.2. The molecule has 0 aromatic carbocycles. The van der Waals surface area contributed by atoms with E-state index >= 15 is 0 Å². The van der Waals surface area contributed by atoms with E-state index in [1.165, 1.54) is 47.4 Å². The number of nitrogen functional groups attached to an aromatic ring is 1. The van der Waals surface area contributed by atoms with Crippen molar-refractivity contribution in [2.24, 2.45) is 7.05 Å². The molecule has 4 aromatic heterocycles. The summed E-state index contributed by atoms with van der Waals surface area (Å²) in [6.07, 6.45) is -9.16. The van der Waals surface area contributed by atoms with Crippen molar-refractivity contribution >= 4 is 59.0 Å². The number of phosphoric ester groups is 1. The molecule has 0 saturated carbocycles. The molecule has 289 valence electrons. The van der Waals surface area contributed by atoms with Crippen LogP contribution < -0.4 is 21.4 Å². The average molecular weight is 810 g/mol. The molecule has 2 aliphatic heterocycles. The second-order valence-corrected chi connectivity index (χ2v) is 16.5. The number of imidazole rings is 2. The van der Waals surface area contributed by atoms with Crippen LogP contribution in [-0.4, -0.2) is 124 Å². The summed E-state index contributed by atoms with van der Waals surface area (Å²) in [6, 6.07) is 0. The second kappa shape index (κ2) is 14.4. The van der Waals surface area contributed by atoms with Crippen molar-refractivity contribution in [1.29, 1.82) is 0 Å². The van der Waals surface area contributed by atoms with Crippen LogP contribution in [0.4, 0.5) is 5.95 Å². The quantitative estimate of drug-likeness (QED) is 0.0379. The third-order valence-corrected chi connectivity index (χ3v) is 12.4. The first-order valence-electron chi connectivity index (χ1n) is 15.0. The number of anilines is 1. The third kappa shape index (κ3) is 7.96. The molecule has 53 heavy (non-hydrogen) atoms. The SMILES string of the molecule is [B-]P(=O)(OC[C@H]1O[C@@H]([n+]2cn(C)c3c(=O)[nH]c(N)nc32)C(O)[C@H]1O)OP(=O)(O)OP(=O)(O)OC[C@H]1O[C@@H](n2cnc3c(=O)[nH]c(C)nc32)[C@@H](O)C1OC. The largest absolute Gasteiger partial charge is 0.485 e. The first kappa shape index (κ1) is 39.5. The number of ether oxygens (including phenoxy) is 3. The lowest BCUT2D eigenvalue weighted by molar-refractivity contribution is -0.745. The lowest BCUT2D eigenvalue weighted by Gasteiger charge is -2.29. The van der Waals surface area contributed by atoms with Gasteiger partial charge in [-0.05, 0) is 6.92 Å². The molecule has 2 fully saturated rings. The zero-order chi connectivity index (χ0) is 38.8. The van der Waals surface area contributed by atoms with E-state index in [1.807, 2.05) is 0 Å². The van der Waals surface area contributed by atoms with Gasteiger partial charge in [-0.3, -0.25) is 28.2 Å². The predicted octanol–water partition coefficient (Wildman–Crippen LogP) is -2.99. The number of aliphatic hydroxyl groups is 3. The van der Waals surface area contributed by atoms with Gasteiger partial charge in [0.1, 0.15) is 42.4 Å². The minimum absolute atomic E-state index is 0.0290. The summed E-state index contributed by atoms with van der Waals surface area (Å²) >= 11 is 0. The van der Waals surface area contributed by atoms with Crippen molar-refractivity contribution in [2.45, 2.75) is 56.0 Å². The Labute approximate surface area is 296 Å². The molecule has 2 aliphatic rings. The second-order valence-electron chi connectivity index (χ2n) is 11.8. The van der Waals surface area contributed by atoms with E-state index < -0.39 is 96.5 Å². The summed E-state index contributed by atoms with van der Waals surface area (Å²) in [5.74, 6) is -0.0198. The van der Waals surface area contributed by atoms with E-state index in [4.69, 9.17) is 36.6 Å². The molecule has 0 amide bonds. The highest BCUT2D eigenvalue weighted by Gasteiger charge is 2.49. The van der Waals surface area contributed by atoms with Crippen LogP contribution in [0.3, 0.4) is 0 Å². The minimum Gasteiger partial charge on any atom is -0.443 e. The minimum atomic E-state index is -5.84. The Morgan fingerprint density at radius 3 is 2.38 bits per heavy atom. The van der Waals surface area contributed by atoms with Crippen molar-refractivity contribution in [1.82, 2.24) is 34.1 Å². The number of H-pyrrole nitrogens is 2. The highest BCUT2D eigenvalue weighted by molar-refractivity contribution is 7.84. The fourth-order valence-corrected chi connectivity index (χ4v) is 9.48. The van der Waals surface area contributed by atoms with E-state index in [-0.39, 0.29) is 34.1 Å². The van der Waals surface area contributed by atoms with Gasteiger partial charge in [-0.1, -0.05) is 4.98 Å². The molecular weight excluding hydrogens is 778 g/mol. The number of hydrogen-bond acceptors (Lipinski definition) is 19. The summed E-state index contributed by atoms with van der Waals surface area (Å²) < 4.78 is 76.5. The highest BCUT2D eigenvalue weighted by atomic mass is 31.3. The van der Waals surface area contributed by atoms with Crippen molar-refractivity contribution < 1.29 is 75.2 Å². The number of nitrogens with zero attached hydrogens (tertiary/aromatic N) is 6. The average Bonchev–Trinajstić information content (AvgIpc) is 3.76. The number of methoxy groups -OCH3 is 1. The van der Waals surface area contributed by atoms with Crippen molar-refractivity contribution in [3.63, 3.8) is 0 Å². The molecule has 0 spiro atoms. The molecule has 4 aromatic rings. The van der Waals surface area contributed by atoms with Crippen LogP contribution in [0.15, 0.2) is 22.2 Å². The van der Waals surface area contributed by atoms with E-state index in [2.05, 4.69) is 33.5 Å². The Balaban J connectivity index is 1.06. The van der Waals surface area contributed by atoms with Crippen molar-refractivity contribution in [2.75, 3.05) is 26.1 Å². The lowest BCUT2D eigenvalue weighted by Crippen LogP contribution is -2.46. The molecule has 0 bridgehead atoms. The summed E-state index contributed by atoms with van der Waals surface area (Å²) in [6.45, 7) is -0.324. The van der Waals surface area contributed by atoms with Crippen LogP contribution in [0.25, 0.3) is 22.3 Å². The Hall–Kier alpha value is -3.23. The number of aromatic amines is 2. The third-order valence-electron chi connectivity index (χ3n) is 8.05. The van der Waals surface area contributed by atoms with Crippen LogP contribution in [0.5, 0.6) is 0 Å². The van der Waals surface area contributed by atoms with Crippen LogP contribution in [0.1, 0.15) is 18.3 Å². The Morgan fingerprint density at radius 2 is 1.68 bits per heavy atom. The molecule has 6 rings (SSSR count). The molecule has 5 unspecified atom stereocenters. The first-order valence-corrected chi connectivity index (χ1v) is 19.6. The lowest BCUT2D eigenvalue weighted by atomic mass is 10.1. The Morgan fingerprint density at radius 1 is 0.981 bits per heavy atom. The van der Waals surface area contributed by atoms with Crippen molar-refractivity contribution in [3.8, 4) is 0 Å². The number of aliphatic hydroxyl groups excluding tert-OH is 3. The van der Waals surface area contributed by atoms with Gasteiger partial charge in [0.05, 0.1) is 34.1 Å². The topological polar surface area (TPSA) is 361 Å². The number of fused-ring (bicyclic) bond motifs is 2. The maximum atomic E-state index is 12.8. The first-order chi connectivity index (χ1) is 24.7. The molecule has 3 radical (unpaired) electrons. The molecular formula is C23H32BN9O17P3. The normalized spacial score (nSPS) is 29.8. The molecule has 6 heterocycles. The van der Waals surface area contributed by atoms with Gasteiger partial charge >= 0.3 is 21.3 Å². The van der Waals surface area contributed by atoms with Gasteiger partial charge in [-0.15, -0.1) is 0 Å². The van der Waals surface area contributed by atoms with E-state index in [1.54, 1.807) is 0 Å². The number of rotatable bonds is 13. The molecule has 0 aliphatic carbocycles. The standard InChI is InChI=1S/C23H31BN9O17P3/c1-8-27-17-11(19(37)28-8)26-6-32(17)22-15(36)16(44-3)10(48-22)5-46-52(40,41)50-53(42,43)49-51(24,39)45-4-9-13(34)14(35)21(47-9)33-7-31(2)12-18(33)29-23(25)30-20(12)38/h6-7,9-10,13-16,21-22,34-36H,4-5H2,1-3H3,(H5-,25,27,28,29,30,37,38,40,41,42,43)/q-1/p+1/t9-,10-,13+,14?,15+,16?,21-,22-,51?/m1/s1. The number of nitrogens with one attached hydrogen (secondary N) is 2. The molecule has 26 nitrogen and oxygen atoms in total. The molecule has 11 atom stereocenters. The maximum Gasteiger partial charge on any atom is 0.485 e. The van der Waals surface area contributed by atoms with Crippen LogP contribution in [0.2, 0.25) is 0 Å². The molecule has 30 heteroatoms. The predicted molar refractivity (Wildman–Crippen MR) is 173 cm³/mol. The van der Waals surface area contributed by atoms with Gasteiger partial charge in [0.25, 0.3) is 17.1 Å². The van der Waals surface area contributed by atoms with E-state index in [0.29, 0.717) is 0 Å². The Bertz CT molecular complexity index is 2300. The van der Waals surface area contributed by atoms with Crippen LogP contribution >= 0.6 is 23.1 Å². The number of aromatic nitrogens is 8. The van der Waals surface area contributed by atoms with Gasteiger partial charge in [0, 0.05) is 7.11 Å². The summed E-state index contributed by atoms with van der Waals surface area (Å²) in [5, 5.41) is 32.1. The summed E-state index contributed by atoms with van der Waals surface area (Å²) in [7, 11) is -8.50. The summed E-state index contributed by atoms with van der Waals surface area (Å²) in [4.78, 5) is 61.8. The van der Waals surface area contributed by atoms with E-state index in [0.717, 1.165) is 0 Å². The van der Waals surface area contributed by atoms with Gasteiger partial charge in [-0.2, -0.15) is 4.31 Å². The fourth-order valence-electron chi connectivity index (χ4n) is 5.83. The monoisotopic (exact) mass is 810 g/mol. The molecule has 2 saturated heterocycles. The van der Waals surface area contributed by atoms with Crippen LogP contribution in [0, 0.1) is 6.92 Å². The van der Waals surface area contributed by atoms with Gasteiger partial charge < -0.3 is 66.7 Å². The fraction of sp³-hybridized carbons (Fsp3) is 0.565. The Kier molecular flexibility index (Phi) is 10.8. The smallest absolute Gasteiger partial charge is 0.443 e. The number of nitrogens with two attached hydrogens (primary N) is 1. The maximum absolute atomic E-state index is 12.8. The zero-order valence-electron chi connectivity index (χ0n) is 27.5. The molecule has 9 N–H and O–H groups in total. The highest BCUT2D eigenvalue weighted by Crippen LogP contribution is 2.67. The van der Waals surface area contributed by atoms with E-state index in [9.17, 15) is 48.4 Å². The van der Waals surface area contributed by atoms with Crippen molar-refractivity contribution in [3.05, 3.63) is 39.2 Å². The number of hydrogen-bond donors (Lipinski definition) is 8. The van der Waals surface area contributed by atoms with Gasteiger partial charge in [0.2, 0.25) is 11.7 Å². The van der Waals surface area contributed by atoms with Crippen LogP contribution in [-0.2, 0) is 52.6 Å². The van der Waals surface area contributed by atoms with Gasteiger partial charge in [0.15, 0.2) is 23.7 Å². The van der Waals surface area contributed by atoms with Gasteiger partial charge in [-0.25, -0.2) is 28.0 Å². The summed E-state index contributed by atoms with van der Waals surface area (Å²) in [5.41, 5.74) is 4.46.